The summed E-state index contributed by atoms with van der Waals surface area (Å²) >= 11 is 0. The van der Waals surface area contributed by atoms with E-state index in [2.05, 4.69) is 5.32 Å². The number of benzene rings is 1. The summed E-state index contributed by atoms with van der Waals surface area (Å²) < 4.78 is 5.08. The third-order valence-electron chi connectivity index (χ3n) is 2.24. The molecule has 1 N–H and O–H groups in total. The first-order valence-electron chi connectivity index (χ1n) is 4.75. The number of ether oxygens (including phenoxy) is 1. The molecule has 1 aromatic rings. The van der Waals surface area contributed by atoms with Gasteiger partial charge >= 0.3 is 0 Å². The van der Waals surface area contributed by atoms with E-state index < -0.39 is 6.23 Å². The van der Waals surface area contributed by atoms with Crippen LogP contribution in [0.2, 0.25) is 0 Å². The molecule has 1 atom stereocenters. The SMILES string of the molecule is COC(C=C=O)Nc1c(C)cccc1C. The van der Waals surface area contributed by atoms with Crippen LogP contribution in [-0.4, -0.2) is 19.3 Å². The van der Waals surface area contributed by atoms with Gasteiger partial charge in [0.05, 0.1) is 0 Å². The van der Waals surface area contributed by atoms with Crippen LogP contribution < -0.4 is 5.32 Å². The molecule has 1 aromatic carbocycles. The number of rotatable bonds is 4. The van der Waals surface area contributed by atoms with Gasteiger partial charge in [-0.3, -0.25) is 0 Å². The van der Waals surface area contributed by atoms with E-state index in [0.717, 1.165) is 16.8 Å². The molecular formula is C12H15NO2. The van der Waals surface area contributed by atoms with Crippen molar-refractivity contribution in [3.8, 4) is 0 Å². The Hall–Kier alpha value is -1.57. The third-order valence-corrected chi connectivity index (χ3v) is 2.24. The second kappa shape index (κ2) is 5.35. The van der Waals surface area contributed by atoms with Crippen LogP contribution in [0.5, 0.6) is 0 Å². The van der Waals surface area contributed by atoms with Crippen LogP contribution in [-0.2, 0) is 9.53 Å². The zero-order valence-corrected chi connectivity index (χ0v) is 9.20. The predicted molar refractivity (Wildman–Crippen MR) is 60.6 cm³/mol. The highest BCUT2D eigenvalue weighted by atomic mass is 16.5. The molecule has 0 saturated carbocycles. The minimum atomic E-state index is -0.428. The Morgan fingerprint density at radius 1 is 1.40 bits per heavy atom. The number of hydrogen-bond acceptors (Lipinski definition) is 3. The zero-order valence-electron chi connectivity index (χ0n) is 9.20. The van der Waals surface area contributed by atoms with E-state index >= 15 is 0 Å². The van der Waals surface area contributed by atoms with Crippen LogP contribution in [0, 0.1) is 13.8 Å². The van der Waals surface area contributed by atoms with Gasteiger partial charge in [-0.05, 0) is 25.0 Å². The van der Waals surface area contributed by atoms with Crippen LogP contribution in [0.1, 0.15) is 11.1 Å². The first-order chi connectivity index (χ1) is 7.19. The highest BCUT2D eigenvalue weighted by molar-refractivity contribution is 5.58. The molecule has 0 spiro atoms. The molecule has 0 aliphatic rings. The number of hydrogen-bond donors (Lipinski definition) is 1. The van der Waals surface area contributed by atoms with E-state index in [0.29, 0.717) is 0 Å². The third kappa shape index (κ3) is 2.94. The van der Waals surface area contributed by atoms with Crippen molar-refractivity contribution in [1.29, 1.82) is 0 Å². The summed E-state index contributed by atoms with van der Waals surface area (Å²) in [6.45, 7) is 4.01. The molecule has 0 saturated heterocycles. The lowest BCUT2D eigenvalue weighted by atomic mass is 10.1. The average Bonchev–Trinajstić information content (AvgIpc) is 2.22. The van der Waals surface area contributed by atoms with Crippen LogP contribution >= 0.6 is 0 Å². The highest BCUT2D eigenvalue weighted by Gasteiger charge is 2.07. The Labute approximate surface area is 89.8 Å². The maximum Gasteiger partial charge on any atom is 0.157 e. The van der Waals surface area contributed by atoms with Crippen LogP contribution in [0.4, 0.5) is 5.69 Å². The predicted octanol–water partition coefficient (Wildman–Crippen LogP) is 2.08. The van der Waals surface area contributed by atoms with Crippen molar-refractivity contribution >= 4 is 11.6 Å². The lowest BCUT2D eigenvalue weighted by Crippen LogP contribution is -2.20. The topological polar surface area (TPSA) is 38.3 Å². The minimum Gasteiger partial charge on any atom is -0.357 e. The first-order valence-corrected chi connectivity index (χ1v) is 4.75. The fraction of sp³-hybridized carbons (Fsp3) is 0.333. The van der Waals surface area contributed by atoms with Gasteiger partial charge in [0, 0.05) is 18.9 Å². The maximum absolute atomic E-state index is 10.2. The van der Waals surface area contributed by atoms with E-state index in [1.165, 1.54) is 6.08 Å². The number of nitrogens with one attached hydrogen (secondary N) is 1. The number of aryl methyl sites for hydroxylation is 2. The van der Waals surface area contributed by atoms with E-state index in [1.807, 2.05) is 32.0 Å². The molecule has 1 unspecified atom stereocenters. The molecular weight excluding hydrogens is 190 g/mol. The summed E-state index contributed by atoms with van der Waals surface area (Å²) in [5.74, 6) is 1.72. The van der Waals surface area contributed by atoms with E-state index in [-0.39, 0.29) is 0 Å². The number of para-hydroxylation sites is 1. The lowest BCUT2D eigenvalue weighted by Gasteiger charge is -2.17. The number of carbonyl (C=O) groups excluding carboxylic acids is 1. The second-order valence-electron chi connectivity index (χ2n) is 3.35. The molecule has 1 rings (SSSR count). The molecule has 0 amide bonds. The normalized spacial score (nSPS) is 11.7. The largest absolute Gasteiger partial charge is 0.357 e. The average molecular weight is 205 g/mol. The first kappa shape index (κ1) is 11.5. The van der Waals surface area contributed by atoms with Crippen molar-refractivity contribution in [2.24, 2.45) is 0 Å². The smallest absolute Gasteiger partial charge is 0.157 e. The van der Waals surface area contributed by atoms with Crippen LogP contribution in [0.3, 0.4) is 0 Å². The molecule has 80 valence electrons. The van der Waals surface area contributed by atoms with Crippen molar-refractivity contribution < 1.29 is 9.53 Å². The molecule has 0 bridgehead atoms. The van der Waals surface area contributed by atoms with E-state index in [9.17, 15) is 4.79 Å². The second-order valence-corrected chi connectivity index (χ2v) is 3.35. The fourth-order valence-electron chi connectivity index (χ4n) is 1.41. The standard InChI is InChI=1S/C12H15NO2/c1-9-5-4-6-10(2)12(9)13-11(15-3)7-8-14/h4-7,11,13H,1-3H3. The Balaban J connectivity index is 2.92. The lowest BCUT2D eigenvalue weighted by molar-refractivity contribution is 0.163. The Bertz CT molecular complexity index is 361. The summed E-state index contributed by atoms with van der Waals surface area (Å²) in [6, 6.07) is 6.01. The van der Waals surface area contributed by atoms with Crippen LogP contribution in [0.25, 0.3) is 0 Å². The molecule has 0 aliphatic carbocycles. The molecule has 0 aliphatic heterocycles. The van der Waals surface area contributed by atoms with Crippen LogP contribution in [0.15, 0.2) is 24.3 Å². The van der Waals surface area contributed by atoms with Gasteiger partial charge in [0.15, 0.2) is 6.23 Å². The van der Waals surface area contributed by atoms with Gasteiger partial charge in [0.1, 0.15) is 5.94 Å². The van der Waals surface area contributed by atoms with Gasteiger partial charge in [-0.2, -0.15) is 0 Å². The molecule has 15 heavy (non-hydrogen) atoms. The molecule has 0 heterocycles. The van der Waals surface area contributed by atoms with Crippen molar-refractivity contribution in [1.82, 2.24) is 0 Å². The van der Waals surface area contributed by atoms with Gasteiger partial charge in [-0.25, -0.2) is 4.79 Å². The summed E-state index contributed by atoms with van der Waals surface area (Å²) in [5.41, 5.74) is 3.24. The summed E-state index contributed by atoms with van der Waals surface area (Å²) in [7, 11) is 1.54. The van der Waals surface area contributed by atoms with E-state index in [4.69, 9.17) is 4.74 Å². The summed E-state index contributed by atoms with van der Waals surface area (Å²) in [5, 5.41) is 3.13. The van der Waals surface area contributed by atoms with Gasteiger partial charge in [0.25, 0.3) is 0 Å². The summed E-state index contributed by atoms with van der Waals surface area (Å²) in [6.07, 6.45) is 0.883. The van der Waals surface area contributed by atoms with E-state index in [1.54, 1.807) is 13.1 Å². The van der Waals surface area contributed by atoms with Gasteiger partial charge in [-0.1, -0.05) is 18.2 Å². The molecule has 0 fully saturated rings. The van der Waals surface area contributed by atoms with Gasteiger partial charge in [0.2, 0.25) is 0 Å². The zero-order chi connectivity index (χ0) is 11.3. The highest BCUT2D eigenvalue weighted by Crippen LogP contribution is 2.20. The maximum atomic E-state index is 10.2. The molecule has 3 nitrogen and oxygen atoms in total. The molecule has 3 heteroatoms. The summed E-state index contributed by atoms with van der Waals surface area (Å²) in [4.78, 5) is 10.2. The molecule has 0 radical (unpaired) electrons. The number of methoxy groups -OCH3 is 1. The van der Waals surface area contributed by atoms with Crippen molar-refractivity contribution in [2.75, 3.05) is 12.4 Å². The fourth-order valence-corrected chi connectivity index (χ4v) is 1.41. The van der Waals surface area contributed by atoms with Gasteiger partial charge in [-0.15, -0.1) is 0 Å². The van der Waals surface area contributed by atoms with Crippen molar-refractivity contribution in [3.63, 3.8) is 0 Å². The van der Waals surface area contributed by atoms with Gasteiger partial charge < -0.3 is 10.1 Å². The van der Waals surface area contributed by atoms with Crippen molar-refractivity contribution in [2.45, 2.75) is 20.1 Å². The number of anilines is 1. The monoisotopic (exact) mass is 205 g/mol. The Kier molecular flexibility index (Phi) is 4.10. The van der Waals surface area contributed by atoms with Crippen molar-refractivity contribution in [3.05, 3.63) is 35.4 Å². The Morgan fingerprint density at radius 3 is 2.47 bits per heavy atom. The quantitative estimate of drug-likeness (QED) is 0.604. The molecule has 0 aromatic heterocycles. The minimum absolute atomic E-state index is 0.428. The Morgan fingerprint density at radius 2 is 2.00 bits per heavy atom.